The molecular formula is C20H20N2. The third kappa shape index (κ3) is 1.95. The lowest BCUT2D eigenvalue weighted by Gasteiger charge is -2.31. The van der Waals surface area contributed by atoms with Crippen molar-refractivity contribution in [2.24, 2.45) is 0 Å². The van der Waals surface area contributed by atoms with Crippen LogP contribution >= 0.6 is 0 Å². The molecule has 0 unspecified atom stereocenters. The molecule has 2 N–H and O–H groups in total. The van der Waals surface area contributed by atoms with Crippen molar-refractivity contribution in [3.05, 3.63) is 70.8 Å². The fraction of sp³-hybridized carbons (Fsp3) is 0.200. The lowest BCUT2D eigenvalue weighted by molar-refractivity contribution is 0.880. The molecule has 1 aliphatic heterocycles. The highest BCUT2D eigenvalue weighted by Gasteiger charge is 2.21. The van der Waals surface area contributed by atoms with Gasteiger partial charge in [0.1, 0.15) is 6.17 Å². The van der Waals surface area contributed by atoms with Gasteiger partial charge in [0.25, 0.3) is 0 Å². The van der Waals surface area contributed by atoms with Crippen molar-refractivity contribution in [1.29, 1.82) is 0 Å². The van der Waals surface area contributed by atoms with Crippen LogP contribution in [-0.2, 0) is 0 Å². The van der Waals surface area contributed by atoms with Crippen LogP contribution in [0.2, 0.25) is 0 Å². The SMILES string of the molecule is Cc1cc(C)c(C)c(C2Nc3cccc4cccc(c34)N2)c1. The molecule has 0 fully saturated rings. The summed E-state index contributed by atoms with van der Waals surface area (Å²) in [5.74, 6) is 0. The van der Waals surface area contributed by atoms with Crippen LogP contribution in [0.5, 0.6) is 0 Å². The van der Waals surface area contributed by atoms with Crippen LogP contribution in [0.1, 0.15) is 28.4 Å². The topological polar surface area (TPSA) is 24.1 Å². The van der Waals surface area contributed by atoms with E-state index < -0.39 is 0 Å². The number of hydrogen-bond donors (Lipinski definition) is 2. The molecule has 22 heavy (non-hydrogen) atoms. The van der Waals surface area contributed by atoms with Crippen molar-refractivity contribution in [3.8, 4) is 0 Å². The zero-order valence-electron chi connectivity index (χ0n) is 13.2. The van der Waals surface area contributed by atoms with Crippen molar-refractivity contribution >= 4 is 22.1 Å². The summed E-state index contributed by atoms with van der Waals surface area (Å²) in [5, 5.41) is 9.87. The van der Waals surface area contributed by atoms with E-state index in [1.54, 1.807) is 0 Å². The molecule has 0 aliphatic carbocycles. The van der Waals surface area contributed by atoms with Crippen molar-refractivity contribution in [2.45, 2.75) is 26.9 Å². The minimum absolute atomic E-state index is 0.110. The first-order chi connectivity index (χ1) is 10.6. The molecule has 0 aromatic heterocycles. The molecule has 1 aliphatic rings. The number of rotatable bonds is 1. The van der Waals surface area contributed by atoms with Gasteiger partial charge in [-0.05, 0) is 55.0 Å². The molecule has 1 heterocycles. The van der Waals surface area contributed by atoms with E-state index >= 15 is 0 Å². The Labute approximate surface area is 131 Å². The van der Waals surface area contributed by atoms with Crippen molar-refractivity contribution in [3.63, 3.8) is 0 Å². The first-order valence-electron chi connectivity index (χ1n) is 7.76. The Kier molecular flexibility index (Phi) is 2.86. The molecule has 0 saturated carbocycles. The second-order valence-electron chi connectivity index (χ2n) is 6.23. The maximum Gasteiger partial charge on any atom is 0.123 e. The number of aryl methyl sites for hydroxylation is 2. The van der Waals surface area contributed by atoms with E-state index in [2.05, 4.69) is 79.9 Å². The molecule has 0 amide bonds. The normalized spacial score (nSPS) is 13.8. The van der Waals surface area contributed by atoms with Gasteiger partial charge in [0.15, 0.2) is 0 Å². The van der Waals surface area contributed by atoms with E-state index in [4.69, 9.17) is 0 Å². The fourth-order valence-corrected chi connectivity index (χ4v) is 3.46. The first-order valence-corrected chi connectivity index (χ1v) is 7.76. The molecule has 110 valence electrons. The minimum atomic E-state index is 0.110. The van der Waals surface area contributed by atoms with Gasteiger partial charge in [0.2, 0.25) is 0 Å². The highest BCUT2D eigenvalue weighted by Crippen LogP contribution is 2.39. The molecule has 2 nitrogen and oxygen atoms in total. The summed E-state index contributed by atoms with van der Waals surface area (Å²) in [5.41, 5.74) is 7.73. The standard InChI is InChI=1S/C20H20N2/c1-12-10-13(2)14(3)16(11-12)20-21-17-8-4-6-15-7-5-9-18(22-20)19(15)17/h4-11,20-22H,1-3H3. The Morgan fingerprint density at radius 1 is 0.818 bits per heavy atom. The van der Waals surface area contributed by atoms with E-state index in [0.717, 1.165) is 0 Å². The van der Waals surface area contributed by atoms with Crippen molar-refractivity contribution in [2.75, 3.05) is 10.6 Å². The Morgan fingerprint density at radius 3 is 2.09 bits per heavy atom. The minimum Gasteiger partial charge on any atom is -0.361 e. The summed E-state index contributed by atoms with van der Waals surface area (Å²) in [6.07, 6.45) is 0.110. The van der Waals surface area contributed by atoms with Gasteiger partial charge in [-0.25, -0.2) is 0 Å². The summed E-state index contributed by atoms with van der Waals surface area (Å²) < 4.78 is 0. The molecule has 2 heteroatoms. The molecule has 3 aromatic carbocycles. The largest absolute Gasteiger partial charge is 0.361 e. The lowest BCUT2D eigenvalue weighted by atomic mass is 9.96. The lowest BCUT2D eigenvalue weighted by Crippen LogP contribution is -2.24. The Balaban J connectivity index is 1.86. The average molecular weight is 288 g/mol. The number of hydrogen-bond acceptors (Lipinski definition) is 2. The zero-order chi connectivity index (χ0) is 15.3. The van der Waals surface area contributed by atoms with Gasteiger partial charge in [0, 0.05) is 16.8 Å². The van der Waals surface area contributed by atoms with Gasteiger partial charge in [-0.3, -0.25) is 0 Å². The fourth-order valence-electron chi connectivity index (χ4n) is 3.46. The van der Waals surface area contributed by atoms with Crippen LogP contribution < -0.4 is 10.6 Å². The van der Waals surface area contributed by atoms with Crippen LogP contribution in [0.4, 0.5) is 11.4 Å². The van der Waals surface area contributed by atoms with Gasteiger partial charge in [0.05, 0.1) is 0 Å². The highest BCUT2D eigenvalue weighted by atomic mass is 15.1. The van der Waals surface area contributed by atoms with Crippen LogP contribution in [0.3, 0.4) is 0 Å². The van der Waals surface area contributed by atoms with E-state index in [9.17, 15) is 0 Å². The first kappa shape index (κ1) is 13.2. The maximum absolute atomic E-state index is 3.66. The van der Waals surface area contributed by atoms with E-state index in [-0.39, 0.29) is 6.17 Å². The molecule has 0 bridgehead atoms. The Bertz CT molecular complexity index is 840. The number of anilines is 2. The second-order valence-corrected chi connectivity index (χ2v) is 6.23. The monoisotopic (exact) mass is 288 g/mol. The summed E-state index contributed by atoms with van der Waals surface area (Å²) in [6.45, 7) is 6.55. The van der Waals surface area contributed by atoms with Crippen LogP contribution in [0.25, 0.3) is 10.8 Å². The molecule has 3 aromatic rings. The number of nitrogens with one attached hydrogen (secondary N) is 2. The highest BCUT2D eigenvalue weighted by molar-refractivity contribution is 6.04. The van der Waals surface area contributed by atoms with Crippen molar-refractivity contribution < 1.29 is 0 Å². The van der Waals surface area contributed by atoms with E-state index in [1.807, 2.05) is 0 Å². The molecule has 0 atom stereocenters. The molecule has 0 spiro atoms. The summed E-state index contributed by atoms with van der Waals surface area (Å²) in [7, 11) is 0. The molecule has 0 radical (unpaired) electrons. The van der Waals surface area contributed by atoms with Crippen molar-refractivity contribution in [1.82, 2.24) is 0 Å². The quantitative estimate of drug-likeness (QED) is 0.635. The third-order valence-electron chi connectivity index (χ3n) is 4.67. The molecule has 0 saturated heterocycles. The van der Waals surface area contributed by atoms with E-state index in [1.165, 1.54) is 44.4 Å². The summed E-state index contributed by atoms with van der Waals surface area (Å²) >= 11 is 0. The smallest absolute Gasteiger partial charge is 0.123 e. The summed E-state index contributed by atoms with van der Waals surface area (Å²) in [4.78, 5) is 0. The maximum atomic E-state index is 3.66. The zero-order valence-corrected chi connectivity index (χ0v) is 13.2. The van der Waals surface area contributed by atoms with Gasteiger partial charge in [-0.15, -0.1) is 0 Å². The van der Waals surface area contributed by atoms with Crippen LogP contribution in [0, 0.1) is 20.8 Å². The van der Waals surface area contributed by atoms with E-state index in [0.29, 0.717) is 0 Å². The molecule has 4 rings (SSSR count). The predicted octanol–water partition coefficient (Wildman–Crippen LogP) is 5.30. The van der Waals surface area contributed by atoms with Crippen LogP contribution in [-0.4, -0.2) is 0 Å². The number of benzene rings is 3. The van der Waals surface area contributed by atoms with Crippen LogP contribution in [0.15, 0.2) is 48.5 Å². The average Bonchev–Trinajstić information content (AvgIpc) is 2.51. The Hall–Kier alpha value is -2.48. The third-order valence-corrected chi connectivity index (χ3v) is 4.67. The predicted molar refractivity (Wildman–Crippen MR) is 94.6 cm³/mol. The van der Waals surface area contributed by atoms with Gasteiger partial charge >= 0.3 is 0 Å². The second kappa shape index (κ2) is 4.77. The van der Waals surface area contributed by atoms with Gasteiger partial charge in [-0.2, -0.15) is 0 Å². The van der Waals surface area contributed by atoms with Gasteiger partial charge in [-0.1, -0.05) is 42.0 Å². The van der Waals surface area contributed by atoms with Gasteiger partial charge < -0.3 is 10.6 Å². The Morgan fingerprint density at radius 2 is 1.45 bits per heavy atom. The summed E-state index contributed by atoms with van der Waals surface area (Å²) in [6, 6.07) is 17.4. The molecular weight excluding hydrogens is 268 g/mol.